The number of anilines is 1. The van der Waals surface area contributed by atoms with Gasteiger partial charge in [0.25, 0.3) is 5.91 Å². The number of nitrogens with two attached hydrogens (primary N) is 1. The molecular weight excluding hydrogens is 272 g/mol. The van der Waals surface area contributed by atoms with E-state index in [9.17, 15) is 4.79 Å². The summed E-state index contributed by atoms with van der Waals surface area (Å²) in [7, 11) is 0. The van der Waals surface area contributed by atoms with Crippen molar-refractivity contribution in [2.45, 2.75) is 32.7 Å². The van der Waals surface area contributed by atoms with Gasteiger partial charge in [0.15, 0.2) is 0 Å². The van der Waals surface area contributed by atoms with Crippen molar-refractivity contribution >= 4 is 23.1 Å². The van der Waals surface area contributed by atoms with Crippen LogP contribution in [0.5, 0.6) is 0 Å². The molecule has 20 heavy (non-hydrogen) atoms. The lowest BCUT2D eigenvalue weighted by molar-refractivity contribution is 0.102. The molecule has 2 rings (SSSR count). The average Bonchev–Trinajstić information content (AvgIpc) is 2.88. The Kier molecular flexibility index (Phi) is 4.15. The van der Waals surface area contributed by atoms with Crippen LogP contribution in [0.3, 0.4) is 0 Å². The molecule has 5 nitrogen and oxygen atoms in total. The molecule has 1 aromatic carbocycles. The Labute approximate surface area is 122 Å². The standard InChI is InChI=1S/C14H18N4OS/c1-14(2,3)12-11(20-18-17-12)13(19)16-10-7-5-4-6-9(10)8-15/h4-7H,8,15H2,1-3H3,(H,16,19). The van der Waals surface area contributed by atoms with E-state index < -0.39 is 0 Å². The molecule has 0 saturated carbocycles. The highest BCUT2D eigenvalue weighted by molar-refractivity contribution is 7.08. The molecule has 1 heterocycles. The summed E-state index contributed by atoms with van der Waals surface area (Å²) in [6, 6.07) is 7.49. The summed E-state index contributed by atoms with van der Waals surface area (Å²) >= 11 is 1.11. The zero-order valence-corrected chi connectivity index (χ0v) is 12.6. The van der Waals surface area contributed by atoms with Crippen LogP contribution in [0, 0.1) is 0 Å². The van der Waals surface area contributed by atoms with Crippen LogP contribution in [0.15, 0.2) is 24.3 Å². The molecule has 2 aromatic rings. The van der Waals surface area contributed by atoms with Crippen LogP contribution in [0.25, 0.3) is 0 Å². The molecular formula is C14H18N4OS. The third kappa shape index (κ3) is 3.02. The van der Waals surface area contributed by atoms with Crippen molar-refractivity contribution < 1.29 is 4.79 Å². The van der Waals surface area contributed by atoms with E-state index in [-0.39, 0.29) is 11.3 Å². The molecule has 0 aliphatic heterocycles. The maximum atomic E-state index is 12.4. The van der Waals surface area contributed by atoms with Gasteiger partial charge in [0.05, 0.1) is 5.69 Å². The Bertz CT molecular complexity index is 616. The normalized spacial score (nSPS) is 11.4. The Morgan fingerprint density at radius 1 is 1.35 bits per heavy atom. The van der Waals surface area contributed by atoms with E-state index in [1.54, 1.807) is 0 Å². The minimum Gasteiger partial charge on any atom is -0.326 e. The summed E-state index contributed by atoms with van der Waals surface area (Å²) in [5.41, 5.74) is 7.80. The molecule has 0 unspecified atom stereocenters. The minimum atomic E-state index is -0.215. The van der Waals surface area contributed by atoms with Crippen molar-refractivity contribution in [3.8, 4) is 0 Å². The van der Waals surface area contributed by atoms with E-state index in [1.807, 2.05) is 45.0 Å². The number of amides is 1. The average molecular weight is 290 g/mol. The number of rotatable bonds is 3. The zero-order chi connectivity index (χ0) is 14.8. The highest BCUT2D eigenvalue weighted by Crippen LogP contribution is 2.26. The number of hydrogen-bond acceptors (Lipinski definition) is 5. The number of carbonyl (C=O) groups excluding carboxylic acids is 1. The Balaban J connectivity index is 2.27. The molecule has 0 aliphatic carbocycles. The van der Waals surface area contributed by atoms with Crippen molar-refractivity contribution in [3.05, 3.63) is 40.4 Å². The SMILES string of the molecule is CC(C)(C)c1nnsc1C(=O)Nc1ccccc1CN. The third-order valence-corrected chi connectivity index (χ3v) is 3.61. The van der Waals surface area contributed by atoms with E-state index in [4.69, 9.17) is 5.73 Å². The smallest absolute Gasteiger partial charge is 0.269 e. The summed E-state index contributed by atoms with van der Waals surface area (Å²) < 4.78 is 3.90. The van der Waals surface area contributed by atoms with Crippen molar-refractivity contribution in [3.63, 3.8) is 0 Å². The maximum Gasteiger partial charge on any atom is 0.269 e. The van der Waals surface area contributed by atoms with Gasteiger partial charge in [0.2, 0.25) is 0 Å². The van der Waals surface area contributed by atoms with Crippen molar-refractivity contribution in [1.29, 1.82) is 0 Å². The lowest BCUT2D eigenvalue weighted by Crippen LogP contribution is -2.20. The number of aromatic nitrogens is 2. The van der Waals surface area contributed by atoms with Gasteiger partial charge in [-0.1, -0.05) is 43.5 Å². The molecule has 0 fully saturated rings. The van der Waals surface area contributed by atoms with Crippen LogP contribution in [0.1, 0.15) is 41.7 Å². The quantitative estimate of drug-likeness (QED) is 0.910. The molecule has 3 N–H and O–H groups in total. The van der Waals surface area contributed by atoms with Crippen LogP contribution in [-0.2, 0) is 12.0 Å². The minimum absolute atomic E-state index is 0.189. The molecule has 106 valence electrons. The van der Waals surface area contributed by atoms with Crippen LogP contribution >= 0.6 is 11.5 Å². The van der Waals surface area contributed by atoms with Gasteiger partial charge in [-0.05, 0) is 23.2 Å². The van der Waals surface area contributed by atoms with Gasteiger partial charge < -0.3 is 11.1 Å². The lowest BCUT2D eigenvalue weighted by atomic mass is 9.91. The fourth-order valence-electron chi connectivity index (χ4n) is 1.83. The molecule has 0 saturated heterocycles. The predicted molar refractivity (Wildman–Crippen MR) is 80.9 cm³/mol. The van der Waals surface area contributed by atoms with Gasteiger partial charge in [-0.2, -0.15) is 0 Å². The third-order valence-electron chi connectivity index (χ3n) is 2.89. The number of carbonyl (C=O) groups is 1. The molecule has 1 amide bonds. The second-order valence-corrected chi connectivity index (χ2v) is 6.27. The first-order valence-electron chi connectivity index (χ1n) is 6.35. The molecule has 0 radical (unpaired) electrons. The van der Waals surface area contributed by atoms with E-state index in [2.05, 4.69) is 14.9 Å². The summed E-state index contributed by atoms with van der Waals surface area (Å²) in [6.45, 7) is 6.40. The zero-order valence-electron chi connectivity index (χ0n) is 11.8. The summed E-state index contributed by atoms with van der Waals surface area (Å²) in [5, 5.41) is 6.96. The topological polar surface area (TPSA) is 80.9 Å². The van der Waals surface area contributed by atoms with Gasteiger partial charge in [-0.25, -0.2) is 0 Å². The Morgan fingerprint density at radius 3 is 2.70 bits per heavy atom. The Morgan fingerprint density at radius 2 is 2.05 bits per heavy atom. The Hall–Kier alpha value is -1.79. The number of nitrogens with zero attached hydrogens (tertiary/aromatic N) is 2. The van der Waals surface area contributed by atoms with Crippen LogP contribution in [0.4, 0.5) is 5.69 Å². The van der Waals surface area contributed by atoms with E-state index in [0.717, 1.165) is 22.8 Å². The predicted octanol–water partition coefficient (Wildman–Crippen LogP) is 2.55. The van der Waals surface area contributed by atoms with E-state index >= 15 is 0 Å². The number of hydrogen-bond donors (Lipinski definition) is 2. The molecule has 0 atom stereocenters. The molecule has 0 aliphatic rings. The van der Waals surface area contributed by atoms with Crippen LogP contribution in [0.2, 0.25) is 0 Å². The van der Waals surface area contributed by atoms with Gasteiger partial charge in [-0.15, -0.1) is 5.10 Å². The number of nitrogens with one attached hydrogen (secondary N) is 1. The number of benzene rings is 1. The van der Waals surface area contributed by atoms with Crippen molar-refractivity contribution in [2.24, 2.45) is 5.73 Å². The maximum absolute atomic E-state index is 12.4. The lowest BCUT2D eigenvalue weighted by Gasteiger charge is -2.16. The van der Waals surface area contributed by atoms with Crippen LogP contribution in [-0.4, -0.2) is 15.5 Å². The van der Waals surface area contributed by atoms with Gasteiger partial charge in [0.1, 0.15) is 4.88 Å². The second-order valence-electron chi connectivity index (χ2n) is 5.52. The van der Waals surface area contributed by atoms with Gasteiger partial charge >= 0.3 is 0 Å². The van der Waals surface area contributed by atoms with Crippen molar-refractivity contribution in [2.75, 3.05) is 5.32 Å². The molecule has 6 heteroatoms. The largest absolute Gasteiger partial charge is 0.326 e. The fraction of sp³-hybridized carbons (Fsp3) is 0.357. The second kappa shape index (κ2) is 5.68. The van der Waals surface area contributed by atoms with Crippen molar-refractivity contribution in [1.82, 2.24) is 9.59 Å². The van der Waals surface area contributed by atoms with Crippen LogP contribution < -0.4 is 11.1 Å². The monoisotopic (exact) mass is 290 g/mol. The number of para-hydroxylation sites is 1. The first kappa shape index (κ1) is 14.6. The summed E-state index contributed by atoms with van der Waals surface area (Å²) in [5.74, 6) is -0.189. The first-order valence-corrected chi connectivity index (χ1v) is 7.13. The molecule has 0 bridgehead atoms. The summed E-state index contributed by atoms with van der Waals surface area (Å²) in [4.78, 5) is 12.9. The highest BCUT2D eigenvalue weighted by atomic mass is 32.1. The first-order chi connectivity index (χ1) is 9.43. The van der Waals surface area contributed by atoms with E-state index in [1.165, 1.54) is 0 Å². The van der Waals surface area contributed by atoms with Gasteiger partial charge in [-0.3, -0.25) is 4.79 Å². The highest BCUT2D eigenvalue weighted by Gasteiger charge is 2.26. The van der Waals surface area contributed by atoms with Gasteiger partial charge in [0, 0.05) is 17.6 Å². The summed E-state index contributed by atoms with van der Waals surface area (Å²) in [6.07, 6.45) is 0. The molecule has 1 aromatic heterocycles. The fourth-order valence-corrected chi connectivity index (χ4v) is 2.60. The van der Waals surface area contributed by atoms with E-state index in [0.29, 0.717) is 17.1 Å². The molecule has 0 spiro atoms.